The van der Waals surface area contributed by atoms with Crippen LogP contribution in [0.1, 0.15) is 11.1 Å². The zero-order valence-corrected chi connectivity index (χ0v) is 11.8. The Morgan fingerprint density at radius 1 is 1.14 bits per heavy atom. The van der Waals surface area contributed by atoms with Gasteiger partial charge in [0.2, 0.25) is 5.90 Å². The van der Waals surface area contributed by atoms with Crippen molar-refractivity contribution < 1.29 is 13.9 Å². The maximum absolute atomic E-state index is 13.7. The van der Waals surface area contributed by atoms with Crippen LogP contribution in [0, 0.1) is 12.7 Å². The van der Waals surface area contributed by atoms with Gasteiger partial charge in [-0.25, -0.2) is 14.2 Å². The summed E-state index contributed by atoms with van der Waals surface area (Å²) in [6.45, 7) is 1.99. The Labute approximate surface area is 127 Å². The highest BCUT2D eigenvalue weighted by Gasteiger charge is 2.25. The van der Waals surface area contributed by atoms with Gasteiger partial charge in [-0.3, -0.25) is 0 Å². The molecule has 0 saturated heterocycles. The summed E-state index contributed by atoms with van der Waals surface area (Å²) in [5, 5.41) is 2.97. The Morgan fingerprint density at radius 2 is 1.86 bits per heavy atom. The molecule has 1 heterocycles. The summed E-state index contributed by atoms with van der Waals surface area (Å²) < 4.78 is 18.7. The molecule has 4 nitrogen and oxygen atoms in total. The quantitative estimate of drug-likeness (QED) is 0.697. The van der Waals surface area contributed by atoms with E-state index in [2.05, 4.69) is 10.3 Å². The number of benzene rings is 2. The van der Waals surface area contributed by atoms with Crippen molar-refractivity contribution in [1.82, 2.24) is 0 Å². The van der Waals surface area contributed by atoms with Gasteiger partial charge in [0.05, 0.1) is 5.56 Å². The van der Waals surface area contributed by atoms with Crippen molar-refractivity contribution in [2.24, 2.45) is 4.99 Å². The van der Waals surface area contributed by atoms with Gasteiger partial charge in [0.25, 0.3) is 0 Å². The number of ether oxygens (including phenoxy) is 1. The van der Waals surface area contributed by atoms with Crippen LogP contribution >= 0.6 is 0 Å². The predicted molar refractivity (Wildman–Crippen MR) is 81.9 cm³/mol. The van der Waals surface area contributed by atoms with E-state index in [0.717, 1.165) is 11.3 Å². The largest absolute Gasteiger partial charge is 0.402 e. The molecule has 110 valence electrons. The normalized spacial score (nSPS) is 15.6. The van der Waals surface area contributed by atoms with Gasteiger partial charge in [0.1, 0.15) is 5.82 Å². The molecule has 0 spiro atoms. The van der Waals surface area contributed by atoms with Crippen LogP contribution in [-0.2, 0) is 9.53 Å². The Morgan fingerprint density at radius 3 is 2.59 bits per heavy atom. The molecule has 1 aliphatic heterocycles. The number of hydrogen-bond donors (Lipinski definition) is 1. The van der Waals surface area contributed by atoms with E-state index >= 15 is 0 Å². The molecule has 0 fully saturated rings. The van der Waals surface area contributed by atoms with Crippen LogP contribution in [0.5, 0.6) is 0 Å². The highest BCUT2D eigenvalue weighted by Crippen LogP contribution is 2.19. The highest BCUT2D eigenvalue weighted by molar-refractivity contribution is 6.11. The molecule has 0 amide bonds. The molecule has 5 heteroatoms. The first-order valence-corrected chi connectivity index (χ1v) is 6.72. The molecule has 2 aromatic carbocycles. The molecular weight excluding hydrogens is 283 g/mol. The summed E-state index contributed by atoms with van der Waals surface area (Å²) in [4.78, 5) is 15.8. The number of aliphatic imine (C=N–C) groups is 1. The molecule has 0 radical (unpaired) electrons. The summed E-state index contributed by atoms with van der Waals surface area (Å²) in [6, 6.07) is 13.7. The number of carbonyl (C=O) groups is 1. The minimum absolute atomic E-state index is 0.0277. The number of rotatable bonds is 3. The second-order valence-corrected chi connectivity index (χ2v) is 4.83. The van der Waals surface area contributed by atoms with Gasteiger partial charge in [0, 0.05) is 11.9 Å². The van der Waals surface area contributed by atoms with Crippen molar-refractivity contribution in [2.75, 3.05) is 5.32 Å². The van der Waals surface area contributed by atoms with Crippen molar-refractivity contribution in [1.29, 1.82) is 0 Å². The standard InChI is InChI=1S/C17H13FN2O2/c1-11-6-8-12(9-7-11)19-10-15-17(21)22-16(20-15)13-4-2-3-5-14(13)18/h2-10,19H,1H3/b15-10-. The number of aryl methyl sites for hydroxylation is 1. The number of halogens is 1. The number of esters is 1. The third-order valence-electron chi connectivity index (χ3n) is 3.15. The molecule has 0 bridgehead atoms. The predicted octanol–water partition coefficient (Wildman–Crippen LogP) is 3.39. The molecule has 0 saturated carbocycles. The first-order valence-electron chi connectivity index (χ1n) is 6.72. The van der Waals surface area contributed by atoms with Gasteiger partial charge in [0.15, 0.2) is 5.70 Å². The van der Waals surface area contributed by atoms with Gasteiger partial charge in [-0.15, -0.1) is 0 Å². The number of cyclic esters (lactones) is 1. The summed E-state index contributed by atoms with van der Waals surface area (Å²) >= 11 is 0. The fourth-order valence-corrected chi connectivity index (χ4v) is 1.96. The van der Waals surface area contributed by atoms with Crippen LogP contribution in [0.4, 0.5) is 10.1 Å². The monoisotopic (exact) mass is 296 g/mol. The summed E-state index contributed by atoms with van der Waals surface area (Å²) in [5.74, 6) is -1.13. The van der Waals surface area contributed by atoms with E-state index in [9.17, 15) is 9.18 Å². The minimum Gasteiger partial charge on any atom is -0.402 e. The second kappa shape index (κ2) is 5.81. The van der Waals surface area contributed by atoms with Gasteiger partial charge in [-0.2, -0.15) is 0 Å². The highest BCUT2D eigenvalue weighted by atomic mass is 19.1. The molecule has 0 unspecified atom stereocenters. The molecule has 22 heavy (non-hydrogen) atoms. The maximum Gasteiger partial charge on any atom is 0.365 e. The van der Waals surface area contributed by atoms with Crippen molar-refractivity contribution in [2.45, 2.75) is 6.92 Å². The van der Waals surface area contributed by atoms with Crippen molar-refractivity contribution in [3.05, 3.63) is 77.4 Å². The summed E-state index contributed by atoms with van der Waals surface area (Å²) in [6.07, 6.45) is 1.45. The van der Waals surface area contributed by atoms with Gasteiger partial charge in [-0.1, -0.05) is 29.8 Å². The van der Waals surface area contributed by atoms with Gasteiger partial charge in [-0.05, 0) is 31.2 Å². The number of nitrogens with one attached hydrogen (secondary N) is 1. The molecule has 0 aromatic heterocycles. The Kier molecular flexibility index (Phi) is 3.70. The van der Waals surface area contributed by atoms with Gasteiger partial charge < -0.3 is 10.1 Å². The van der Waals surface area contributed by atoms with E-state index in [1.165, 1.54) is 18.3 Å². The van der Waals surface area contributed by atoms with E-state index in [4.69, 9.17) is 4.74 Å². The van der Waals surface area contributed by atoms with E-state index < -0.39 is 11.8 Å². The number of nitrogens with zero attached hydrogens (tertiary/aromatic N) is 1. The van der Waals surface area contributed by atoms with Crippen LogP contribution in [0.25, 0.3) is 0 Å². The first-order chi connectivity index (χ1) is 10.6. The van der Waals surface area contributed by atoms with Crippen LogP contribution in [0.15, 0.2) is 65.4 Å². The minimum atomic E-state index is -0.613. The lowest BCUT2D eigenvalue weighted by atomic mass is 10.2. The first kappa shape index (κ1) is 14.0. The van der Waals surface area contributed by atoms with Crippen molar-refractivity contribution >= 4 is 17.6 Å². The molecule has 0 atom stereocenters. The topological polar surface area (TPSA) is 50.7 Å². The average Bonchev–Trinajstić information content (AvgIpc) is 2.88. The van der Waals surface area contributed by atoms with Gasteiger partial charge >= 0.3 is 5.97 Å². The number of anilines is 1. The third-order valence-corrected chi connectivity index (χ3v) is 3.15. The third kappa shape index (κ3) is 2.88. The molecule has 0 aliphatic carbocycles. The molecule has 1 aliphatic rings. The smallest absolute Gasteiger partial charge is 0.365 e. The van der Waals surface area contributed by atoms with E-state index in [0.29, 0.717) is 0 Å². The van der Waals surface area contributed by atoms with Crippen LogP contribution < -0.4 is 5.32 Å². The van der Waals surface area contributed by atoms with Crippen LogP contribution in [-0.4, -0.2) is 11.9 Å². The Balaban J connectivity index is 1.82. The second-order valence-electron chi connectivity index (χ2n) is 4.83. The fourth-order valence-electron chi connectivity index (χ4n) is 1.96. The Bertz CT molecular complexity index is 780. The average molecular weight is 296 g/mol. The van der Waals surface area contributed by atoms with E-state index in [-0.39, 0.29) is 17.2 Å². The van der Waals surface area contributed by atoms with Crippen molar-refractivity contribution in [3.8, 4) is 0 Å². The lowest BCUT2D eigenvalue weighted by molar-refractivity contribution is -0.130. The van der Waals surface area contributed by atoms with E-state index in [1.807, 2.05) is 31.2 Å². The molecule has 1 N–H and O–H groups in total. The SMILES string of the molecule is Cc1ccc(N/C=C2\N=C(c3ccccc3F)OC2=O)cc1. The van der Waals surface area contributed by atoms with Crippen LogP contribution in [0.2, 0.25) is 0 Å². The van der Waals surface area contributed by atoms with Crippen LogP contribution in [0.3, 0.4) is 0 Å². The molecule has 2 aromatic rings. The zero-order valence-electron chi connectivity index (χ0n) is 11.8. The van der Waals surface area contributed by atoms with Crippen molar-refractivity contribution in [3.63, 3.8) is 0 Å². The maximum atomic E-state index is 13.7. The lowest BCUT2D eigenvalue weighted by Gasteiger charge is -2.00. The number of hydrogen-bond acceptors (Lipinski definition) is 4. The van der Waals surface area contributed by atoms with E-state index in [1.54, 1.807) is 12.1 Å². The Hall–Kier alpha value is -2.95. The fraction of sp³-hybridized carbons (Fsp3) is 0.0588. The number of carbonyl (C=O) groups excluding carboxylic acids is 1. The summed E-state index contributed by atoms with van der Waals surface area (Å²) in [5.41, 5.74) is 2.21. The summed E-state index contributed by atoms with van der Waals surface area (Å²) in [7, 11) is 0. The molecular formula is C17H13FN2O2. The zero-order chi connectivity index (χ0) is 15.5. The molecule has 3 rings (SSSR count). The lowest BCUT2D eigenvalue weighted by Crippen LogP contribution is -2.07.